The fourth-order valence-electron chi connectivity index (χ4n) is 2.22. The van der Waals surface area contributed by atoms with Crippen molar-refractivity contribution in [3.8, 4) is 0 Å². The van der Waals surface area contributed by atoms with Crippen molar-refractivity contribution in [3.05, 3.63) is 34.9 Å². The summed E-state index contributed by atoms with van der Waals surface area (Å²) >= 11 is 0. The largest absolute Gasteiger partial charge is 0.478 e. The van der Waals surface area contributed by atoms with Gasteiger partial charge < -0.3 is 5.11 Å². The Bertz CT molecular complexity index is 415. The van der Waals surface area contributed by atoms with Crippen LogP contribution in [0, 0.1) is 0 Å². The van der Waals surface area contributed by atoms with E-state index in [1.165, 1.54) is 36.8 Å². The zero-order chi connectivity index (χ0) is 10.4. The van der Waals surface area contributed by atoms with Crippen LogP contribution in [-0.4, -0.2) is 11.1 Å². The van der Waals surface area contributed by atoms with Crippen LogP contribution in [0.25, 0.3) is 0 Å². The molecule has 1 aromatic carbocycles. The maximum Gasteiger partial charge on any atom is 0.335 e. The van der Waals surface area contributed by atoms with E-state index in [1.807, 2.05) is 12.1 Å². The summed E-state index contributed by atoms with van der Waals surface area (Å²) in [5, 5.41) is 8.96. The number of carboxylic acid groups (broad SMARTS) is 1. The van der Waals surface area contributed by atoms with Crippen molar-refractivity contribution < 1.29 is 9.90 Å². The van der Waals surface area contributed by atoms with Gasteiger partial charge in [0.1, 0.15) is 0 Å². The van der Waals surface area contributed by atoms with Gasteiger partial charge in [0.05, 0.1) is 5.56 Å². The van der Waals surface area contributed by atoms with Crippen molar-refractivity contribution in [2.24, 2.45) is 0 Å². The van der Waals surface area contributed by atoms with Crippen LogP contribution in [0.4, 0.5) is 0 Å². The van der Waals surface area contributed by atoms with Gasteiger partial charge in [0, 0.05) is 0 Å². The van der Waals surface area contributed by atoms with E-state index in [-0.39, 0.29) is 0 Å². The highest BCUT2D eigenvalue weighted by Crippen LogP contribution is 2.49. The number of carboxylic acids is 1. The van der Waals surface area contributed by atoms with Crippen LogP contribution >= 0.6 is 0 Å². The molecule has 78 valence electrons. The van der Waals surface area contributed by atoms with E-state index in [2.05, 4.69) is 0 Å². The first-order valence-electron chi connectivity index (χ1n) is 5.63. The fraction of sp³-hybridized carbons (Fsp3) is 0.462. The first-order valence-corrected chi connectivity index (χ1v) is 5.63. The summed E-state index contributed by atoms with van der Waals surface area (Å²) in [6.07, 6.45) is 5.05. The highest BCUT2D eigenvalue weighted by molar-refractivity contribution is 5.88. The van der Waals surface area contributed by atoms with Crippen molar-refractivity contribution >= 4 is 5.97 Å². The molecule has 2 nitrogen and oxygen atoms in total. The normalized spacial score (nSPS) is 20.3. The summed E-state index contributed by atoms with van der Waals surface area (Å²) in [7, 11) is 0. The molecule has 0 saturated heterocycles. The Labute approximate surface area is 88.9 Å². The number of rotatable bonds is 3. The number of hydrogen-bond donors (Lipinski definition) is 1. The minimum Gasteiger partial charge on any atom is -0.478 e. The lowest BCUT2D eigenvalue weighted by Gasteiger charge is -2.08. The van der Waals surface area contributed by atoms with E-state index >= 15 is 0 Å². The Morgan fingerprint density at radius 3 is 2.20 bits per heavy atom. The van der Waals surface area contributed by atoms with E-state index in [0.717, 1.165) is 5.92 Å². The highest BCUT2D eigenvalue weighted by Gasteiger charge is 2.32. The molecule has 1 aromatic rings. The minimum atomic E-state index is -0.806. The predicted molar refractivity (Wildman–Crippen MR) is 57.4 cm³/mol. The van der Waals surface area contributed by atoms with Crippen LogP contribution < -0.4 is 0 Å². The van der Waals surface area contributed by atoms with Gasteiger partial charge in [0.25, 0.3) is 0 Å². The second-order valence-electron chi connectivity index (χ2n) is 4.70. The first-order chi connectivity index (χ1) is 7.25. The number of hydrogen-bond acceptors (Lipinski definition) is 1. The monoisotopic (exact) mass is 202 g/mol. The van der Waals surface area contributed by atoms with Gasteiger partial charge in [-0.05, 0) is 60.8 Å². The molecule has 3 rings (SSSR count). The molecule has 0 radical (unpaired) electrons. The molecule has 15 heavy (non-hydrogen) atoms. The smallest absolute Gasteiger partial charge is 0.335 e. The number of aromatic carboxylic acids is 1. The average Bonchev–Trinajstić information content (AvgIpc) is 3.08. The summed E-state index contributed by atoms with van der Waals surface area (Å²) < 4.78 is 0. The van der Waals surface area contributed by atoms with Gasteiger partial charge in [0.2, 0.25) is 0 Å². The van der Waals surface area contributed by atoms with Crippen molar-refractivity contribution in [3.63, 3.8) is 0 Å². The van der Waals surface area contributed by atoms with Crippen LogP contribution in [0.15, 0.2) is 18.2 Å². The van der Waals surface area contributed by atoms with E-state index in [9.17, 15) is 4.79 Å². The van der Waals surface area contributed by atoms with Crippen LogP contribution in [0.2, 0.25) is 0 Å². The van der Waals surface area contributed by atoms with E-state index in [1.54, 1.807) is 6.07 Å². The molecule has 0 heterocycles. The average molecular weight is 202 g/mol. The van der Waals surface area contributed by atoms with Crippen LogP contribution in [0.3, 0.4) is 0 Å². The molecule has 0 unspecified atom stereocenters. The van der Waals surface area contributed by atoms with Gasteiger partial charge in [-0.25, -0.2) is 4.79 Å². The molecule has 2 fully saturated rings. The Kier molecular flexibility index (Phi) is 1.84. The predicted octanol–water partition coefficient (Wildman–Crippen LogP) is 3.14. The molecule has 0 aliphatic heterocycles. The second kappa shape index (κ2) is 3.09. The van der Waals surface area contributed by atoms with Gasteiger partial charge in [0.15, 0.2) is 0 Å². The topological polar surface area (TPSA) is 37.3 Å². The van der Waals surface area contributed by atoms with Crippen molar-refractivity contribution in [1.82, 2.24) is 0 Å². The molecule has 0 bridgehead atoms. The maximum atomic E-state index is 10.9. The van der Waals surface area contributed by atoms with E-state index in [0.29, 0.717) is 11.5 Å². The fourth-order valence-corrected chi connectivity index (χ4v) is 2.22. The zero-order valence-electron chi connectivity index (χ0n) is 8.57. The zero-order valence-corrected chi connectivity index (χ0v) is 8.57. The molecule has 0 atom stereocenters. The Hall–Kier alpha value is -1.31. The molecule has 0 amide bonds. The van der Waals surface area contributed by atoms with Crippen LogP contribution in [-0.2, 0) is 0 Å². The maximum absolute atomic E-state index is 10.9. The first kappa shape index (κ1) is 8.96. The van der Waals surface area contributed by atoms with Gasteiger partial charge >= 0.3 is 5.97 Å². The molecule has 0 spiro atoms. The summed E-state index contributed by atoms with van der Waals surface area (Å²) in [4.78, 5) is 10.9. The van der Waals surface area contributed by atoms with Crippen molar-refractivity contribution in [2.75, 3.05) is 0 Å². The lowest BCUT2D eigenvalue weighted by molar-refractivity contribution is 0.0697. The minimum absolute atomic E-state index is 0.446. The third-order valence-corrected chi connectivity index (χ3v) is 3.37. The summed E-state index contributed by atoms with van der Waals surface area (Å²) in [5.41, 5.74) is 3.18. The van der Waals surface area contributed by atoms with Crippen molar-refractivity contribution in [2.45, 2.75) is 37.5 Å². The van der Waals surface area contributed by atoms with Gasteiger partial charge in [-0.1, -0.05) is 6.07 Å². The molecule has 2 heteroatoms. The lowest BCUT2D eigenvalue weighted by Crippen LogP contribution is -1.99. The molecular formula is C13H14O2. The molecule has 2 aliphatic carbocycles. The number of benzene rings is 1. The lowest BCUT2D eigenvalue weighted by atomic mass is 9.97. The molecular weight excluding hydrogens is 188 g/mol. The summed E-state index contributed by atoms with van der Waals surface area (Å²) in [6.45, 7) is 0. The van der Waals surface area contributed by atoms with Crippen LogP contribution in [0.1, 0.15) is 59.0 Å². The van der Waals surface area contributed by atoms with E-state index < -0.39 is 5.97 Å². The molecule has 2 saturated carbocycles. The Balaban J connectivity index is 2.03. The third-order valence-electron chi connectivity index (χ3n) is 3.37. The van der Waals surface area contributed by atoms with E-state index in [4.69, 9.17) is 5.11 Å². The molecule has 1 N–H and O–H groups in total. The Morgan fingerprint density at radius 2 is 1.67 bits per heavy atom. The number of carbonyl (C=O) groups is 1. The Morgan fingerprint density at radius 1 is 1.07 bits per heavy atom. The van der Waals surface area contributed by atoms with Gasteiger partial charge in [-0.2, -0.15) is 0 Å². The highest BCUT2D eigenvalue weighted by atomic mass is 16.4. The molecule has 0 aromatic heterocycles. The van der Waals surface area contributed by atoms with Gasteiger partial charge in [-0.3, -0.25) is 0 Å². The standard InChI is InChI=1S/C13H14O2/c14-13(15)10-5-6-11(8-1-2-8)12(7-10)9-3-4-9/h5-9H,1-4H2,(H,14,15). The quantitative estimate of drug-likeness (QED) is 0.817. The van der Waals surface area contributed by atoms with Crippen molar-refractivity contribution in [1.29, 1.82) is 0 Å². The SMILES string of the molecule is O=C(O)c1ccc(C2CC2)c(C2CC2)c1. The third kappa shape index (κ3) is 1.65. The second-order valence-corrected chi connectivity index (χ2v) is 4.70. The van der Waals surface area contributed by atoms with Gasteiger partial charge in [-0.15, -0.1) is 0 Å². The van der Waals surface area contributed by atoms with Crippen LogP contribution in [0.5, 0.6) is 0 Å². The summed E-state index contributed by atoms with van der Waals surface area (Å²) in [5.74, 6) is 0.572. The molecule has 2 aliphatic rings. The summed E-state index contributed by atoms with van der Waals surface area (Å²) in [6, 6.07) is 5.68.